The van der Waals surface area contributed by atoms with Crippen molar-refractivity contribution in [3.63, 3.8) is 0 Å². The maximum atomic E-state index is 9.86. The Morgan fingerprint density at radius 3 is 1.65 bits per heavy atom. The van der Waals surface area contributed by atoms with E-state index in [2.05, 4.69) is 19.2 Å². The molecule has 0 rings (SSSR count). The van der Waals surface area contributed by atoms with Crippen LogP contribution in [-0.4, -0.2) is 37.5 Å². The van der Waals surface area contributed by atoms with Crippen LogP contribution in [-0.2, 0) is 4.74 Å². The van der Waals surface area contributed by atoms with Crippen molar-refractivity contribution in [3.05, 3.63) is 0 Å². The Kier molecular flexibility index (Phi) is 22.8. The summed E-state index contributed by atoms with van der Waals surface area (Å²) in [4.78, 5) is 0. The molecule has 3 nitrogen and oxygen atoms in total. The monoisotopic (exact) mass is 371 g/mol. The molecule has 0 amide bonds. The van der Waals surface area contributed by atoms with Gasteiger partial charge >= 0.3 is 0 Å². The highest BCUT2D eigenvalue weighted by atomic mass is 16.5. The second-order valence-electron chi connectivity index (χ2n) is 7.88. The summed E-state index contributed by atoms with van der Waals surface area (Å²) in [5.41, 5.74) is 0. The van der Waals surface area contributed by atoms with Crippen molar-refractivity contribution >= 4 is 0 Å². The third-order valence-electron chi connectivity index (χ3n) is 5.04. The SMILES string of the molecule is CCCCCCCCCCCCCCNCC(O)COCCCCCC. The maximum Gasteiger partial charge on any atom is 0.0897 e. The first-order chi connectivity index (χ1) is 12.8. The Hall–Kier alpha value is -0.120. The lowest BCUT2D eigenvalue weighted by Gasteiger charge is -2.12. The molecule has 2 N–H and O–H groups in total. The first-order valence-electron chi connectivity index (χ1n) is 11.8. The van der Waals surface area contributed by atoms with E-state index < -0.39 is 0 Å². The highest BCUT2D eigenvalue weighted by Gasteiger charge is 2.03. The number of hydrogen-bond acceptors (Lipinski definition) is 3. The van der Waals surface area contributed by atoms with Crippen LogP contribution >= 0.6 is 0 Å². The van der Waals surface area contributed by atoms with Crippen LogP contribution in [0, 0.1) is 0 Å². The lowest BCUT2D eigenvalue weighted by atomic mass is 10.1. The lowest BCUT2D eigenvalue weighted by molar-refractivity contribution is 0.0355. The molecule has 0 aromatic rings. The fourth-order valence-electron chi connectivity index (χ4n) is 3.27. The van der Waals surface area contributed by atoms with E-state index in [0.717, 1.165) is 19.6 Å². The summed E-state index contributed by atoms with van der Waals surface area (Å²) in [5.74, 6) is 0. The van der Waals surface area contributed by atoms with Crippen molar-refractivity contribution in [1.82, 2.24) is 5.32 Å². The second-order valence-corrected chi connectivity index (χ2v) is 7.88. The van der Waals surface area contributed by atoms with Gasteiger partial charge in [0, 0.05) is 13.2 Å². The summed E-state index contributed by atoms with van der Waals surface area (Å²) < 4.78 is 5.52. The van der Waals surface area contributed by atoms with E-state index in [1.165, 1.54) is 96.3 Å². The second kappa shape index (κ2) is 22.9. The molecule has 26 heavy (non-hydrogen) atoms. The molecule has 0 saturated heterocycles. The van der Waals surface area contributed by atoms with Crippen molar-refractivity contribution in [1.29, 1.82) is 0 Å². The molecule has 0 heterocycles. The third kappa shape index (κ3) is 21.9. The fraction of sp³-hybridized carbons (Fsp3) is 1.00. The van der Waals surface area contributed by atoms with Crippen molar-refractivity contribution in [2.45, 2.75) is 123 Å². The minimum absolute atomic E-state index is 0.362. The summed E-state index contributed by atoms with van der Waals surface area (Å²) in [7, 11) is 0. The zero-order valence-electron chi connectivity index (χ0n) is 18.1. The first-order valence-corrected chi connectivity index (χ1v) is 11.8. The number of unbranched alkanes of at least 4 members (excludes halogenated alkanes) is 14. The fourth-order valence-corrected chi connectivity index (χ4v) is 3.27. The van der Waals surface area contributed by atoms with Crippen LogP contribution in [0.5, 0.6) is 0 Å². The van der Waals surface area contributed by atoms with Crippen molar-refractivity contribution in [3.8, 4) is 0 Å². The Labute approximate surface area is 164 Å². The average molecular weight is 372 g/mol. The topological polar surface area (TPSA) is 41.5 Å². The molecular weight excluding hydrogens is 322 g/mol. The van der Waals surface area contributed by atoms with Gasteiger partial charge in [-0.05, 0) is 19.4 Å². The molecule has 1 unspecified atom stereocenters. The molecule has 158 valence electrons. The Morgan fingerprint density at radius 1 is 0.654 bits per heavy atom. The highest BCUT2D eigenvalue weighted by Crippen LogP contribution is 2.11. The van der Waals surface area contributed by atoms with Gasteiger partial charge < -0.3 is 15.2 Å². The van der Waals surface area contributed by atoms with Gasteiger partial charge in [0.2, 0.25) is 0 Å². The number of aliphatic hydroxyl groups is 1. The van der Waals surface area contributed by atoms with Gasteiger partial charge in [0.05, 0.1) is 12.7 Å². The van der Waals surface area contributed by atoms with Crippen LogP contribution in [0.4, 0.5) is 0 Å². The van der Waals surface area contributed by atoms with E-state index in [-0.39, 0.29) is 6.10 Å². The van der Waals surface area contributed by atoms with Gasteiger partial charge in [-0.1, -0.05) is 104 Å². The summed E-state index contributed by atoms with van der Waals surface area (Å²) in [6, 6.07) is 0. The number of ether oxygens (including phenoxy) is 1. The molecule has 0 spiro atoms. The Morgan fingerprint density at radius 2 is 1.12 bits per heavy atom. The molecule has 3 heteroatoms. The minimum atomic E-state index is -0.362. The van der Waals surface area contributed by atoms with Gasteiger partial charge in [-0.15, -0.1) is 0 Å². The number of rotatable bonds is 22. The largest absolute Gasteiger partial charge is 0.389 e. The third-order valence-corrected chi connectivity index (χ3v) is 5.04. The molecule has 0 aromatic heterocycles. The molecule has 0 saturated carbocycles. The van der Waals surface area contributed by atoms with Gasteiger partial charge in [0.25, 0.3) is 0 Å². The van der Waals surface area contributed by atoms with E-state index in [9.17, 15) is 5.11 Å². The van der Waals surface area contributed by atoms with Crippen LogP contribution in [0.15, 0.2) is 0 Å². The summed E-state index contributed by atoms with van der Waals surface area (Å²) in [6.07, 6.45) is 21.2. The average Bonchev–Trinajstić information content (AvgIpc) is 2.65. The van der Waals surface area contributed by atoms with Gasteiger partial charge in [0.15, 0.2) is 0 Å². The number of nitrogens with one attached hydrogen (secondary N) is 1. The summed E-state index contributed by atoms with van der Waals surface area (Å²) in [5, 5.41) is 13.2. The van der Waals surface area contributed by atoms with E-state index >= 15 is 0 Å². The Balaban J connectivity index is 3.09. The zero-order chi connectivity index (χ0) is 19.1. The molecule has 0 aliphatic rings. The number of hydrogen-bond donors (Lipinski definition) is 2. The molecule has 0 aromatic carbocycles. The molecule has 0 aliphatic carbocycles. The number of aliphatic hydroxyl groups excluding tert-OH is 1. The van der Waals surface area contributed by atoms with Crippen LogP contribution in [0.2, 0.25) is 0 Å². The molecule has 0 radical (unpaired) electrons. The standard InChI is InChI=1S/C23H49NO2/c1-3-5-7-9-10-11-12-13-14-15-16-17-19-24-21-23(25)22-26-20-18-8-6-4-2/h23-25H,3-22H2,1-2H3. The summed E-state index contributed by atoms with van der Waals surface area (Å²) in [6.45, 7) is 7.43. The van der Waals surface area contributed by atoms with E-state index in [1.54, 1.807) is 0 Å². The van der Waals surface area contributed by atoms with Crippen LogP contribution in [0.3, 0.4) is 0 Å². The van der Waals surface area contributed by atoms with Crippen molar-refractivity contribution in [2.24, 2.45) is 0 Å². The summed E-state index contributed by atoms with van der Waals surface area (Å²) >= 11 is 0. The van der Waals surface area contributed by atoms with Crippen molar-refractivity contribution in [2.75, 3.05) is 26.3 Å². The van der Waals surface area contributed by atoms with E-state index in [1.807, 2.05) is 0 Å². The van der Waals surface area contributed by atoms with Crippen LogP contribution < -0.4 is 5.32 Å². The molecular formula is C23H49NO2. The quantitative estimate of drug-likeness (QED) is 0.221. The molecule has 0 aliphatic heterocycles. The maximum absolute atomic E-state index is 9.86. The van der Waals surface area contributed by atoms with Gasteiger partial charge in [0.1, 0.15) is 0 Å². The van der Waals surface area contributed by atoms with Crippen molar-refractivity contribution < 1.29 is 9.84 Å². The molecule has 0 fully saturated rings. The van der Waals surface area contributed by atoms with Gasteiger partial charge in [-0.3, -0.25) is 0 Å². The lowest BCUT2D eigenvalue weighted by Crippen LogP contribution is -2.31. The first kappa shape index (κ1) is 25.9. The van der Waals surface area contributed by atoms with Crippen LogP contribution in [0.1, 0.15) is 117 Å². The van der Waals surface area contributed by atoms with E-state index in [0.29, 0.717) is 13.2 Å². The van der Waals surface area contributed by atoms with Crippen LogP contribution in [0.25, 0.3) is 0 Å². The predicted molar refractivity (Wildman–Crippen MR) is 115 cm³/mol. The normalized spacial score (nSPS) is 12.6. The zero-order valence-corrected chi connectivity index (χ0v) is 18.1. The smallest absolute Gasteiger partial charge is 0.0897 e. The molecule has 1 atom stereocenters. The van der Waals surface area contributed by atoms with E-state index in [4.69, 9.17) is 4.74 Å². The Bertz CT molecular complexity index is 248. The van der Waals surface area contributed by atoms with Gasteiger partial charge in [-0.2, -0.15) is 0 Å². The van der Waals surface area contributed by atoms with Gasteiger partial charge in [-0.25, -0.2) is 0 Å². The molecule has 0 bridgehead atoms. The predicted octanol–water partition coefficient (Wildman–Crippen LogP) is 6.23. The minimum Gasteiger partial charge on any atom is -0.389 e. The highest BCUT2D eigenvalue weighted by molar-refractivity contribution is 4.59.